The highest BCUT2D eigenvalue weighted by Crippen LogP contribution is 2.36. The van der Waals surface area contributed by atoms with Gasteiger partial charge in [-0.05, 0) is 80.2 Å². The van der Waals surface area contributed by atoms with Gasteiger partial charge in [-0.15, -0.1) is 0 Å². The first-order chi connectivity index (χ1) is 22.0. The fraction of sp³-hybridized carbons (Fsp3) is 0.286. The monoisotopic (exact) mass is 663 g/mol. The lowest BCUT2D eigenvalue weighted by Crippen LogP contribution is -2.49. The molecule has 5 rings (SSSR count). The van der Waals surface area contributed by atoms with E-state index in [0.29, 0.717) is 24.7 Å². The number of amides is 1. The maximum atomic E-state index is 13.8. The predicted octanol–water partition coefficient (Wildman–Crippen LogP) is 6.29. The smallest absolute Gasteiger partial charge is 0.262 e. The first kappa shape index (κ1) is 33.3. The van der Waals surface area contributed by atoms with Gasteiger partial charge in [0.05, 0.1) is 28.8 Å². The Labute approximate surface area is 275 Å². The van der Waals surface area contributed by atoms with Crippen LogP contribution in [0.1, 0.15) is 29.8 Å². The molecule has 0 saturated carbocycles. The topological polar surface area (TPSA) is 108 Å². The molecule has 0 bridgehead atoms. The van der Waals surface area contributed by atoms with Crippen molar-refractivity contribution in [1.82, 2.24) is 9.80 Å². The van der Waals surface area contributed by atoms with Crippen LogP contribution in [-0.4, -0.2) is 68.1 Å². The zero-order valence-corrected chi connectivity index (χ0v) is 27.5. The van der Waals surface area contributed by atoms with E-state index in [-0.39, 0.29) is 40.3 Å². The second-order valence-corrected chi connectivity index (χ2v) is 13.7. The summed E-state index contributed by atoms with van der Waals surface area (Å²) in [5.74, 6) is 1.15. The standard InChI is InChI=1S/C35H38ClN3O6S/c1-24-20-39(25(2)23-40)35(41)31-10-7-11-32(37-46(42,43)30-18-14-27(36)15-19-30)34(31)45-33(24)22-38(3)21-26-12-16-29(17-13-26)44-28-8-5-4-6-9-28/h4-19,24-25,33,37,40H,20-23H2,1-3H3/t24-,25-,33-/m0/s1. The number of nitrogens with one attached hydrogen (secondary N) is 1. The molecule has 0 radical (unpaired) electrons. The van der Waals surface area contributed by atoms with Crippen LogP contribution in [0.3, 0.4) is 0 Å². The molecular formula is C35H38ClN3O6S. The Morgan fingerprint density at radius 1 is 1.00 bits per heavy atom. The largest absolute Gasteiger partial charge is 0.486 e. The van der Waals surface area contributed by atoms with Crippen LogP contribution in [0.15, 0.2) is 102 Å². The number of benzene rings is 4. The highest BCUT2D eigenvalue weighted by atomic mass is 35.5. The van der Waals surface area contributed by atoms with E-state index in [2.05, 4.69) is 9.62 Å². The molecule has 3 atom stereocenters. The average molecular weight is 664 g/mol. The summed E-state index contributed by atoms with van der Waals surface area (Å²) < 4.78 is 41.8. The molecule has 0 aliphatic carbocycles. The molecule has 4 aromatic carbocycles. The minimum atomic E-state index is -4.03. The lowest BCUT2D eigenvalue weighted by Gasteiger charge is -2.38. The molecule has 1 aliphatic rings. The van der Waals surface area contributed by atoms with Crippen LogP contribution in [-0.2, 0) is 16.6 Å². The van der Waals surface area contributed by atoms with Crippen molar-refractivity contribution in [3.8, 4) is 17.2 Å². The minimum absolute atomic E-state index is 0.0204. The molecule has 1 aliphatic heterocycles. The minimum Gasteiger partial charge on any atom is -0.486 e. The van der Waals surface area contributed by atoms with Crippen molar-refractivity contribution in [1.29, 1.82) is 0 Å². The molecular weight excluding hydrogens is 626 g/mol. The van der Waals surface area contributed by atoms with E-state index in [0.717, 1.165) is 17.1 Å². The van der Waals surface area contributed by atoms with Crippen molar-refractivity contribution in [3.63, 3.8) is 0 Å². The van der Waals surface area contributed by atoms with Gasteiger partial charge in [-0.2, -0.15) is 0 Å². The Morgan fingerprint density at radius 2 is 1.67 bits per heavy atom. The molecule has 2 N–H and O–H groups in total. The number of ether oxygens (including phenoxy) is 2. The predicted molar refractivity (Wildman–Crippen MR) is 179 cm³/mol. The number of carbonyl (C=O) groups is 1. The molecule has 0 aromatic heterocycles. The summed E-state index contributed by atoms with van der Waals surface area (Å²) in [5, 5.41) is 10.4. The normalized spacial score (nSPS) is 17.4. The summed E-state index contributed by atoms with van der Waals surface area (Å²) in [5.41, 5.74) is 1.43. The lowest BCUT2D eigenvalue weighted by atomic mass is 9.99. The third kappa shape index (κ3) is 8.00. The van der Waals surface area contributed by atoms with Crippen LogP contribution < -0.4 is 14.2 Å². The van der Waals surface area contributed by atoms with Crippen LogP contribution in [0.4, 0.5) is 5.69 Å². The van der Waals surface area contributed by atoms with E-state index in [1.165, 1.54) is 24.3 Å². The van der Waals surface area contributed by atoms with Gasteiger partial charge in [0.2, 0.25) is 0 Å². The summed E-state index contributed by atoms with van der Waals surface area (Å²) in [6.07, 6.45) is -0.424. The fourth-order valence-electron chi connectivity index (χ4n) is 5.33. The zero-order chi connectivity index (χ0) is 32.8. The molecule has 11 heteroatoms. The van der Waals surface area contributed by atoms with Gasteiger partial charge in [0, 0.05) is 30.6 Å². The average Bonchev–Trinajstić information content (AvgIpc) is 3.04. The molecule has 0 spiro atoms. The Morgan fingerprint density at radius 3 is 2.35 bits per heavy atom. The van der Waals surface area contributed by atoms with Crippen molar-refractivity contribution < 1.29 is 27.8 Å². The number of aliphatic hydroxyl groups excluding tert-OH is 1. The number of nitrogens with zero attached hydrogens (tertiary/aromatic N) is 2. The SMILES string of the molecule is C[C@H]1CN([C@@H](C)CO)C(=O)c2cccc(NS(=O)(=O)c3ccc(Cl)cc3)c2O[C@H]1CN(C)Cc1ccc(Oc2ccccc2)cc1. The molecule has 1 heterocycles. The maximum Gasteiger partial charge on any atom is 0.262 e. The zero-order valence-electron chi connectivity index (χ0n) is 26.0. The van der Waals surface area contributed by atoms with Gasteiger partial charge in [0.15, 0.2) is 5.75 Å². The number of aliphatic hydroxyl groups is 1. The first-order valence-corrected chi connectivity index (χ1v) is 16.9. The molecule has 242 valence electrons. The van der Waals surface area contributed by atoms with Gasteiger partial charge in [0.1, 0.15) is 17.6 Å². The Bertz CT molecular complexity index is 1740. The number of anilines is 1. The molecule has 0 fully saturated rings. The number of halogens is 1. The second-order valence-electron chi connectivity index (χ2n) is 11.6. The van der Waals surface area contributed by atoms with Gasteiger partial charge in [-0.3, -0.25) is 14.4 Å². The van der Waals surface area contributed by atoms with E-state index in [1.54, 1.807) is 30.0 Å². The molecule has 0 saturated heterocycles. The Hall–Kier alpha value is -4.09. The van der Waals surface area contributed by atoms with E-state index >= 15 is 0 Å². The summed E-state index contributed by atoms with van der Waals surface area (Å²) >= 11 is 5.97. The number of para-hydroxylation sites is 2. The van der Waals surface area contributed by atoms with Gasteiger partial charge in [-0.25, -0.2) is 8.42 Å². The molecule has 46 heavy (non-hydrogen) atoms. The Balaban J connectivity index is 1.39. The molecule has 1 amide bonds. The fourth-order valence-corrected chi connectivity index (χ4v) is 6.52. The Kier molecular flexibility index (Phi) is 10.5. The maximum absolute atomic E-state index is 13.8. The number of sulfonamides is 1. The van der Waals surface area contributed by atoms with Gasteiger partial charge in [0.25, 0.3) is 15.9 Å². The number of fused-ring (bicyclic) bond motifs is 1. The first-order valence-electron chi connectivity index (χ1n) is 15.0. The van der Waals surface area contributed by atoms with Crippen LogP contribution in [0, 0.1) is 5.92 Å². The third-order valence-corrected chi connectivity index (χ3v) is 9.54. The number of rotatable bonds is 11. The number of hydrogen-bond donors (Lipinski definition) is 2. The number of hydrogen-bond acceptors (Lipinski definition) is 7. The molecule has 0 unspecified atom stereocenters. The van der Waals surface area contributed by atoms with Crippen molar-refractivity contribution >= 4 is 33.2 Å². The number of carbonyl (C=O) groups excluding carboxylic acids is 1. The van der Waals surface area contributed by atoms with Gasteiger partial charge >= 0.3 is 0 Å². The van der Waals surface area contributed by atoms with Crippen molar-refractivity contribution in [3.05, 3.63) is 113 Å². The number of likely N-dealkylation sites (N-methyl/N-ethyl adjacent to an activating group) is 1. The van der Waals surface area contributed by atoms with E-state index in [1.807, 2.05) is 68.6 Å². The van der Waals surface area contributed by atoms with E-state index in [4.69, 9.17) is 21.1 Å². The summed E-state index contributed by atoms with van der Waals surface area (Å²) in [7, 11) is -2.04. The van der Waals surface area contributed by atoms with Crippen molar-refractivity contribution in [2.45, 2.75) is 37.4 Å². The highest BCUT2D eigenvalue weighted by Gasteiger charge is 2.35. The summed E-state index contributed by atoms with van der Waals surface area (Å²) in [6, 6.07) is 27.6. The van der Waals surface area contributed by atoms with Crippen LogP contribution in [0.25, 0.3) is 0 Å². The van der Waals surface area contributed by atoms with E-state index < -0.39 is 22.2 Å². The van der Waals surface area contributed by atoms with Gasteiger partial charge in [-0.1, -0.05) is 54.9 Å². The van der Waals surface area contributed by atoms with Crippen LogP contribution in [0.2, 0.25) is 5.02 Å². The molecule has 4 aromatic rings. The third-order valence-electron chi connectivity index (χ3n) is 7.91. The summed E-state index contributed by atoms with van der Waals surface area (Å²) in [6.45, 7) is 5.01. The second kappa shape index (κ2) is 14.6. The lowest BCUT2D eigenvalue weighted by molar-refractivity contribution is 0.0344. The van der Waals surface area contributed by atoms with Gasteiger partial charge < -0.3 is 19.5 Å². The van der Waals surface area contributed by atoms with Crippen LogP contribution >= 0.6 is 11.6 Å². The van der Waals surface area contributed by atoms with E-state index in [9.17, 15) is 18.3 Å². The summed E-state index contributed by atoms with van der Waals surface area (Å²) in [4.78, 5) is 17.6. The van der Waals surface area contributed by atoms with Crippen LogP contribution in [0.5, 0.6) is 17.2 Å². The molecule has 9 nitrogen and oxygen atoms in total. The van der Waals surface area contributed by atoms with Crippen molar-refractivity contribution in [2.24, 2.45) is 5.92 Å². The van der Waals surface area contributed by atoms with Crippen molar-refractivity contribution in [2.75, 3.05) is 31.5 Å². The quantitative estimate of drug-likeness (QED) is 0.194. The highest BCUT2D eigenvalue weighted by molar-refractivity contribution is 7.92.